The van der Waals surface area contributed by atoms with Crippen LogP contribution in [0.25, 0.3) is 0 Å². The van der Waals surface area contributed by atoms with Crippen molar-refractivity contribution < 1.29 is 19.1 Å². The number of rotatable bonds is 5. The Kier molecular flexibility index (Phi) is 4.88. The lowest BCUT2D eigenvalue weighted by atomic mass is 10.0. The van der Waals surface area contributed by atoms with Crippen molar-refractivity contribution in [1.29, 1.82) is 0 Å². The highest BCUT2D eigenvalue weighted by Crippen LogP contribution is 2.37. The number of amides is 2. The molecule has 0 bridgehead atoms. The van der Waals surface area contributed by atoms with Gasteiger partial charge in [-0.15, -0.1) is 0 Å². The van der Waals surface area contributed by atoms with Crippen molar-refractivity contribution in [3.63, 3.8) is 0 Å². The smallest absolute Gasteiger partial charge is 0.231 e. The fourth-order valence-electron chi connectivity index (χ4n) is 3.52. The van der Waals surface area contributed by atoms with Crippen LogP contribution in [-0.2, 0) is 9.59 Å². The monoisotopic (exact) mass is 346 g/mol. The number of fused-ring (bicyclic) bond motifs is 1. The summed E-state index contributed by atoms with van der Waals surface area (Å²) in [7, 11) is 1.84. The summed E-state index contributed by atoms with van der Waals surface area (Å²) in [6.07, 6.45) is 1.21. The zero-order chi connectivity index (χ0) is 18.1. The summed E-state index contributed by atoms with van der Waals surface area (Å²) in [5.41, 5.74) is 0.752. The van der Waals surface area contributed by atoms with Crippen molar-refractivity contribution in [3.05, 3.63) is 18.2 Å². The van der Waals surface area contributed by atoms with E-state index in [1.165, 1.54) is 0 Å². The summed E-state index contributed by atoms with van der Waals surface area (Å²) < 4.78 is 10.7. The minimum Gasteiger partial charge on any atom is -0.454 e. The molecular formula is C19H26N2O4. The van der Waals surface area contributed by atoms with E-state index in [0.717, 1.165) is 12.1 Å². The van der Waals surface area contributed by atoms with Gasteiger partial charge in [-0.1, -0.05) is 13.8 Å². The van der Waals surface area contributed by atoms with Gasteiger partial charge in [0.05, 0.1) is 5.92 Å². The number of nitrogens with zero attached hydrogens (tertiary/aromatic N) is 2. The van der Waals surface area contributed by atoms with Gasteiger partial charge >= 0.3 is 0 Å². The molecule has 2 heterocycles. The SMILES string of the molecule is CC(C)CC(C)N(C)C(=O)C1CC(=O)N(c2ccc3c(c2)OCO3)C1. The molecule has 1 saturated heterocycles. The zero-order valence-corrected chi connectivity index (χ0v) is 15.3. The Hall–Kier alpha value is -2.24. The van der Waals surface area contributed by atoms with Gasteiger partial charge in [-0.05, 0) is 31.4 Å². The van der Waals surface area contributed by atoms with E-state index in [1.807, 2.05) is 13.1 Å². The van der Waals surface area contributed by atoms with E-state index in [1.54, 1.807) is 21.9 Å². The molecule has 6 nitrogen and oxygen atoms in total. The van der Waals surface area contributed by atoms with Gasteiger partial charge in [0.25, 0.3) is 0 Å². The van der Waals surface area contributed by atoms with Crippen LogP contribution in [0.5, 0.6) is 11.5 Å². The Labute approximate surface area is 148 Å². The Balaban J connectivity index is 1.69. The van der Waals surface area contributed by atoms with Crippen molar-refractivity contribution in [2.75, 3.05) is 25.3 Å². The van der Waals surface area contributed by atoms with Gasteiger partial charge in [0.15, 0.2) is 11.5 Å². The van der Waals surface area contributed by atoms with E-state index in [9.17, 15) is 9.59 Å². The molecule has 0 N–H and O–H groups in total. The second-order valence-electron chi connectivity index (χ2n) is 7.37. The first-order valence-electron chi connectivity index (χ1n) is 8.83. The number of ether oxygens (including phenoxy) is 2. The first kappa shape index (κ1) is 17.6. The highest BCUT2D eigenvalue weighted by atomic mass is 16.7. The number of anilines is 1. The van der Waals surface area contributed by atoms with Crippen molar-refractivity contribution >= 4 is 17.5 Å². The molecule has 1 aromatic carbocycles. The van der Waals surface area contributed by atoms with Gasteiger partial charge in [-0.2, -0.15) is 0 Å². The van der Waals surface area contributed by atoms with E-state index in [2.05, 4.69) is 20.8 Å². The maximum absolute atomic E-state index is 12.8. The molecule has 3 rings (SSSR count). The zero-order valence-electron chi connectivity index (χ0n) is 15.3. The molecule has 2 aliphatic heterocycles. The third-order valence-corrected chi connectivity index (χ3v) is 4.96. The summed E-state index contributed by atoms with van der Waals surface area (Å²) >= 11 is 0. The molecule has 2 unspecified atom stereocenters. The summed E-state index contributed by atoms with van der Waals surface area (Å²) in [5.74, 6) is 1.58. The predicted molar refractivity (Wildman–Crippen MR) is 94.7 cm³/mol. The highest BCUT2D eigenvalue weighted by Gasteiger charge is 2.37. The van der Waals surface area contributed by atoms with Crippen LogP contribution in [0.4, 0.5) is 5.69 Å². The molecule has 0 saturated carbocycles. The van der Waals surface area contributed by atoms with E-state index in [4.69, 9.17) is 9.47 Å². The summed E-state index contributed by atoms with van der Waals surface area (Å²) in [6.45, 7) is 6.97. The summed E-state index contributed by atoms with van der Waals surface area (Å²) in [5, 5.41) is 0. The third-order valence-electron chi connectivity index (χ3n) is 4.96. The van der Waals surface area contributed by atoms with Crippen LogP contribution in [0.15, 0.2) is 18.2 Å². The van der Waals surface area contributed by atoms with Gasteiger partial charge in [0, 0.05) is 37.8 Å². The fraction of sp³-hybridized carbons (Fsp3) is 0.579. The van der Waals surface area contributed by atoms with Gasteiger partial charge < -0.3 is 19.3 Å². The van der Waals surface area contributed by atoms with E-state index in [0.29, 0.717) is 24.0 Å². The summed E-state index contributed by atoms with van der Waals surface area (Å²) in [6, 6.07) is 5.61. The van der Waals surface area contributed by atoms with E-state index in [-0.39, 0.29) is 37.0 Å². The van der Waals surface area contributed by atoms with Crippen LogP contribution in [0, 0.1) is 11.8 Å². The fourth-order valence-corrected chi connectivity index (χ4v) is 3.52. The van der Waals surface area contributed by atoms with Gasteiger partial charge in [0.1, 0.15) is 0 Å². The maximum Gasteiger partial charge on any atom is 0.231 e. The molecule has 6 heteroatoms. The molecule has 136 valence electrons. The Morgan fingerprint density at radius 1 is 1.28 bits per heavy atom. The van der Waals surface area contributed by atoms with Crippen molar-refractivity contribution in [1.82, 2.24) is 4.90 Å². The van der Waals surface area contributed by atoms with Crippen LogP contribution in [-0.4, -0.2) is 43.1 Å². The molecule has 25 heavy (non-hydrogen) atoms. The quantitative estimate of drug-likeness (QED) is 0.822. The normalized spacial score (nSPS) is 20.3. The maximum atomic E-state index is 12.8. The van der Waals surface area contributed by atoms with Gasteiger partial charge in [-0.3, -0.25) is 9.59 Å². The van der Waals surface area contributed by atoms with Crippen LogP contribution in [0.3, 0.4) is 0 Å². The van der Waals surface area contributed by atoms with Gasteiger partial charge in [0.2, 0.25) is 18.6 Å². The number of benzene rings is 1. The number of hydrogen-bond donors (Lipinski definition) is 0. The second-order valence-corrected chi connectivity index (χ2v) is 7.37. The van der Waals surface area contributed by atoms with Crippen LogP contribution >= 0.6 is 0 Å². The number of carbonyl (C=O) groups is 2. The van der Waals surface area contributed by atoms with E-state index < -0.39 is 0 Å². The Bertz CT molecular complexity index is 673. The molecule has 2 amide bonds. The van der Waals surface area contributed by atoms with Crippen molar-refractivity contribution in [3.8, 4) is 11.5 Å². The van der Waals surface area contributed by atoms with Crippen LogP contribution < -0.4 is 14.4 Å². The lowest BCUT2D eigenvalue weighted by Crippen LogP contribution is -2.40. The summed E-state index contributed by atoms with van der Waals surface area (Å²) in [4.78, 5) is 28.7. The predicted octanol–water partition coefficient (Wildman–Crippen LogP) is 2.66. The minimum absolute atomic E-state index is 0.0258. The average molecular weight is 346 g/mol. The minimum atomic E-state index is -0.294. The highest BCUT2D eigenvalue weighted by molar-refractivity contribution is 6.00. The molecule has 1 fully saturated rings. The van der Waals surface area contributed by atoms with Crippen molar-refractivity contribution in [2.24, 2.45) is 11.8 Å². The molecule has 2 aliphatic rings. The second kappa shape index (κ2) is 6.94. The third kappa shape index (κ3) is 3.57. The molecule has 0 aliphatic carbocycles. The topological polar surface area (TPSA) is 59.1 Å². The van der Waals surface area contributed by atoms with Crippen LogP contribution in [0.1, 0.15) is 33.6 Å². The first-order chi connectivity index (χ1) is 11.9. The molecule has 0 radical (unpaired) electrons. The largest absolute Gasteiger partial charge is 0.454 e. The van der Waals surface area contributed by atoms with Crippen LogP contribution in [0.2, 0.25) is 0 Å². The van der Waals surface area contributed by atoms with Gasteiger partial charge in [-0.25, -0.2) is 0 Å². The molecular weight excluding hydrogens is 320 g/mol. The Morgan fingerprint density at radius 3 is 2.72 bits per heavy atom. The molecule has 1 aromatic rings. The standard InChI is InChI=1S/C19H26N2O4/c1-12(2)7-13(3)20(4)19(23)14-8-18(22)21(10-14)15-5-6-16-17(9-15)25-11-24-16/h5-6,9,12-14H,7-8,10-11H2,1-4H3. The molecule has 2 atom stereocenters. The van der Waals surface area contributed by atoms with E-state index >= 15 is 0 Å². The Morgan fingerprint density at radius 2 is 2.00 bits per heavy atom. The molecule has 0 aromatic heterocycles. The average Bonchev–Trinajstić information content (AvgIpc) is 3.18. The number of hydrogen-bond acceptors (Lipinski definition) is 4. The number of carbonyl (C=O) groups excluding carboxylic acids is 2. The lowest BCUT2D eigenvalue weighted by Gasteiger charge is -2.28. The van der Waals surface area contributed by atoms with Crippen molar-refractivity contribution in [2.45, 2.75) is 39.7 Å². The first-order valence-corrected chi connectivity index (χ1v) is 8.83. The lowest BCUT2D eigenvalue weighted by molar-refractivity contribution is -0.136. The molecule has 0 spiro atoms.